The summed E-state index contributed by atoms with van der Waals surface area (Å²) in [5.41, 5.74) is 6.91. The van der Waals surface area contributed by atoms with Gasteiger partial charge in [0.25, 0.3) is 5.91 Å². The summed E-state index contributed by atoms with van der Waals surface area (Å²) in [6, 6.07) is 1.75. The molecule has 0 unspecified atom stereocenters. The Morgan fingerprint density at radius 2 is 1.96 bits per heavy atom. The van der Waals surface area contributed by atoms with Crippen molar-refractivity contribution in [2.75, 3.05) is 45.1 Å². The third-order valence-corrected chi connectivity index (χ3v) is 4.12. The van der Waals surface area contributed by atoms with Crippen molar-refractivity contribution >= 4 is 11.9 Å². The van der Waals surface area contributed by atoms with Gasteiger partial charge in [0.2, 0.25) is 5.95 Å². The van der Waals surface area contributed by atoms with E-state index in [-0.39, 0.29) is 24.4 Å². The van der Waals surface area contributed by atoms with Crippen LogP contribution in [0.4, 0.5) is 5.95 Å². The summed E-state index contributed by atoms with van der Waals surface area (Å²) >= 11 is 0. The monoisotopic (exact) mass is 321 g/mol. The van der Waals surface area contributed by atoms with Gasteiger partial charge in [-0.15, -0.1) is 0 Å². The fraction of sp³-hybridized carbons (Fsp3) is 0.688. The number of aliphatic hydroxyl groups excluding tert-OH is 1. The molecule has 0 bridgehead atoms. The van der Waals surface area contributed by atoms with Gasteiger partial charge in [0.1, 0.15) is 5.69 Å². The molecule has 0 spiro atoms. The van der Waals surface area contributed by atoms with E-state index in [2.05, 4.69) is 14.9 Å². The van der Waals surface area contributed by atoms with Gasteiger partial charge in [0, 0.05) is 38.5 Å². The third kappa shape index (κ3) is 4.87. The average Bonchev–Trinajstić information content (AvgIpc) is 2.54. The molecule has 2 rings (SSSR count). The summed E-state index contributed by atoms with van der Waals surface area (Å²) in [5, 5.41) is 8.83. The second kappa shape index (κ2) is 8.21. The summed E-state index contributed by atoms with van der Waals surface area (Å²) in [5.74, 6) is 0.286. The summed E-state index contributed by atoms with van der Waals surface area (Å²) in [7, 11) is 0. The molecule has 1 aliphatic heterocycles. The minimum atomic E-state index is -0.0731. The molecule has 23 heavy (non-hydrogen) atoms. The molecule has 2 heterocycles. The minimum Gasteiger partial charge on any atom is -0.396 e. The predicted molar refractivity (Wildman–Crippen MR) is 89.2 cm³/mol. The lowest BCUT2D eigenvalue weighted by Gasteiger charge is -2.34. The number of hydrogen-bond donors (Lipinski definition) is 2. The maximum absolute atomic E-state index is 12.6. The van der Waals surface area contributed by atoms with E-state index in [1.807, 2.05) is 18.7 Å². The van der Waals surface area contributed by atoms with E-state index in [1.54, 1.807) is 6.07 Å². The zero-order valence-electron chi connectivity index (χ0n) is 14.0. The zero-order chi connectivity index (χ0) is 16.8. The Balaban J connectivity index is 1.94. The van der Waals surface area contributed by atoms with E-state index in [0.29, 0.717) is 18.8 Å². The first kappa shape index (κ1) is 17.6. The van der Waals surface area contributed by atoms with Crippen LogP contribution in [0.2, 0.25) is 0 Å². The first-order chi connectivity index (χ1) is 11.0. The Hall–Kier alpha value is -1.73. The number of carbonyl (C=O) groups is 1. The maximum Gasteiger partial charge on any atom is 0.272 e. The second-order valence-electron chi connectivity index (χ2n) is 6.26. The molecule has 7 heteroatoms. The molecule has 0 radical (unpaired) electrons. The quantitative estimate of drug-likeness (QED) is 0.749. The minimum absolute atomic E-state index is 0.0731. The smallest absolute Gasteiger partial charge is 0.272 e. The summed E-state index contributed by atoms with van der Waals surface area (Å²) < 4.78 is 0. The van der Waals surface area contributed by atoms with Gasteiger partial charge in [-0.25, -0.2) is 9.97 Å². The van der Waals surface area contributed by atoms with Gasteiger partial charge in [0.05, 0.1) is 0 Å². The SMILES string of the molecule is CC(C)c1cc(C(=O)N2CCN(CCCCO)CC2)nc(N)n1. The Morgan fingerprint density at radius 1 is 1.26 bits per heavy atom. The standard InChI is InChI=1S/C16H27N5O2/c1-12(2)13-11-14(19-16(17)18-13)15(23)21-8-6-20(7-9-21)5-3-4-10-22/h11-12,22H,3-10H2,1-2H3,(H2,17,18,19). The van der Waals surface area contributed by atoms with Crippen molar-refractivity contribution in [2.24, 2.45) is 0 Å². The number of rotatable bonds is 6. The topological polar surface area (TPSA) is 95.6 Å². The van der Waals surface area contributed by atoms with Crippen LogP contribution in [0.3, 0.4) is 0 Å². The van der Waals surface area contributed by atoms with Crippen LogP contribution < -0.4 is 5.73 Å². The fourth-order valence-electron chi connectivity index (χ4n) is 2.67. The number of anilines is 1. The third-order valence-electron chi connectivity index (χ3n) is 4.12. The molecule has 1 aromatic rings. The molecule has 1 saturated heterocycles. The van der Waals surface area contributed by atoms with Gasteiger partial charge in [-0.1, -0.05) is 13.8 Å². The van der Waals surface area contributed by atoms with Crippen LogP contribution in [0.25, 0.3) is 0 Å². The van der Waals surface area contributed by atoms with Crippen LogP contribution in [-0.4, -0.2) is 70.1 Å². The lowest BCUT2D eigenvalue weighted by molar-refractivity contribution is 0.0628. The van der Waals surface area contributed by atoms with E-state index in [0.717, 1.165) is 38.2 Å². The summed E-state index contributed by atoms with van der Waals surface area (Å²) in [6.45, 7) is 8.34. The largest absolute Gasteiger partial charge is 0.396 e. The normalized spacial score (nSPS) is 16.1. The molecule has 1 aromatic heterocycles. The first-order valence-electron chi connectivity index (χ1n) is 8.28. The van der Waals surface area contributed by atoms with Crippen molar-refractivity contribution in [3.63, 3.8) is 0 Å². The number of hydrogen-bond acceptors (Lipinski definition) is 6. The predicted octanol–water partition coefficient (Wildman–Crippen LogP) is 0.713. The van der Waals surface area contributed by atoms with Gasteiger partial charge >= 0.3 is 0 Å². The molecule has 7 nitrogen and oxygen atoms in total. The van der Waals surface area contributed by atoms with Crippen molar-refractivity contribution in [3.8, 4) is 0 Å². The van der Waals surface area contributed by atoms with E-state index in [9.17, 15) is 4.79 Å². The van der Waals surface area contributed by atoms with Crippen molar-refractivity contribution < 1.29 is 9.90 Å². The van der Waals surface area contributed by atoms with E-state index in [4.69, 9.17) is 10.8 Å². The highest BCUT2D eigenvalue weighted by atomic mass is 16.2. The van der Waals surface area contributed by atoms with Crippen LogP contribution >= 0.6 is 0 Å². The molecule has 1 fully saturated rings. The Bertz CT molecular complexity index is 527. The number of nitrogen functional groups attached to an aromatic ring is 1. The highest BCUT2D eigenvalue weighted by Crippen LogP contribution is 2.15. The zero-order valence-corrected chi connectivity index (χ0v) is 14.0. The number of unbranched alkanes of at least 4 members (excludes halogenated alkanes) is 1. The average molecular weight is 321 g/mol. The van der Waals surface area contributed by atoms with Crippen LogP contribution in [0.15, 0.2) is 6.07 Å². The number of carbonyl (C=O) groups excluding carboxylic acids is 1. The van der Waals surface area contributed by atoms with Gasteiger partial charge in [-0.05, 0) is 31.4 Å². The van der Waals surface area contributed by atoms with Crippen LogP contribution in [-0.2, 0) is 0 Å². The van der Waals surface area contributed by atoms with E-state index < -0.39 is 0 Å². The van der Waals surface area contributed by atoms with Gasteiger partial charge < -0.3 is 15.7 Å². The molecule has 1 aliphatic rings. The number of amides is 1. The molecule has 3 N–H and O–H groups in total. The van der Waals surface area contributed by atoms with Crippen LogP contribution in [0, 0.1) is 0 Å². The summed E-state index contributed by atoms with van der Waals surface area (Å²) in [6.07, 6.45) is 1.82. The highest BCUT2D eigenvalue weighted by Gasteiger charge is 2.23. The number of aromatic nitrogens is 2. The molecule has 0 aromatic carbocycles. The van der Waals surface area contributed by atoms with Crippen molar-refractivity contribution in [1.82, 2.24) is 19.8 Å². The molecule has 1 amide bonds. The van der Waals surface area contributed by atoms with Gasteiger partial charge in [-0.3, -0.25) is 9.69 Å². The van der Waals surface area contributed by atoms with E-state index >= 15 is 0 Å². The van der Waals surface area contributed by atoms with Crippen LogP contribution in [0.1, 0.15) is 48.8 Å². The molecule has 128 valence electrons. The molecule has 0 atom stereocenters. The number of nitrogens with two attached hydrogens (primary N) is 1. The lowest BCUT2D eigenvalue weighted by Crippen LogP contribution is -2.49. The summed E-state index contributed by atoms with van der Waals surface area (Å²) in [4.78, 5) is 25.1. The molecule has 0 saturated carbocycles. The van der Waals surface area contributed by atoms with Crippen molar-refractivity contribution in [2.45, 2.75) is 32.6 Å². The second-order valence-corrected chi connectivity index (χ2v) is 6.26. The highest BCUT2D eigenvalue weighted by molar-refractivity contribution is 5.92. The molecular weight excluding hydrogens is 294 g/mol. The Labute approximate surface area is 137 Å². The maximum atomic E-state index is 12.6. The lowest BCUT2D eigenvalue weighted by atomic mass is 10.1. The molecular formula is C16H27N5O2. The molecule has 0 aliphatic carbocycles. The number of nitrogens with zero attached hydrogens (tertiary/aromatic N) is 4. The Morgan fingerprint density at radius 3 is 2.57 bits per heavy atom. The van der Waals surface area contributed by atoms with Crippen molar-refractivity contribution in [3.05, 3.63) is 17.5 Å². The van der Waals surface area contributed by atoms with Crippen molar-refractivity contribution in [1.29, 1.82) is 0 Å². The van der Waals surface area contributed by atoms with Gasteiger partial charge in [0.15, 0.2) is 0 Å². The first-order valence-corrected chi connectivity index (χ1v) is 8.28. The Kier molecular flexibility index (Phi) is 6.29. The number of piperazine rings is 1. The van der Waals surface area contributed by atoms with Gasteiger partial charge in [-0.2, -0.15) is 0 Å². The fourth-order valence-corrected chi connectivity index (χ4v) is 2.67. The number of aliphatic hydroxyl groups is 1. The van der Waals surface area contributed by atoms with E-state index in [1.165, 1.54) is 0 Å². The van der Waals surface area contributed by atoms with Crippen LogP contribution in [0.5, 0.6) is 0 Å².